The molecule has 0 amide bonds. The Balaban J connectivity index is 2.55. The Bertz CT molecular complexity index is 948. The Labute approximate surface area is 131 Å². The lowest BCUT2D eigenvalue weighted by atomic mass is 10.0. The number of rotatable bonds is 1. The Kier molecular flexibility index (Phi) is 3.40. The first-order valence-electron chi connectivity index (χ1n) is 7.60. The fourth-order valence-corrected chi connectivity index (χ4v) is 3.00. The molecule has 22 heavy (non-hydrogen) atoms. The number of aromatic nitrogens is 1. The fourth-order valence-electron chi connectivity index (χ4n) is 3.00. The fraction of sp³-hybridized carbons (Fsp3) is 0.250. The molecular formula is C20H21NO. The van der Waals surface area contributed by atoms with Gasteiger partial charge < -0.3 is 4.57 Å². The summed E-state index contributed by atoms with van der Waals surface area (Å²) >= 11 is 0. The van der Waals surface area contributed by atoms with Gasteiger partial charge in [0.05, 0.1) is 5.52 Å². The number of benzene rings is 2. The van der Waals surface area contributed by atoms with Crippen LogP contribution in [0.4, 0.5) is 0 Å². The van der Waals surface area contributed by atoms with Gasteiger partial charge in [0.1, 0.15) is 0 Å². The number of hydrogen-bond donors (Lipinski definition) is 0. The van der Waals surface area contributed by atoms with Crippen LogP contribution in [0.1, 0.15) is 27.9 Å². The number of pyridine rings is 1. The van der Waals surface area contributed by atoms with Crippen molar-refractivity contribution in [3.8, 4) is 5.69 Å². The zero-order valence-corrected chi connectivity index (χ0v) is 13.8. The predicted molar refractivity (Wildman–Crippen MR) is 93.2 cm³/mol. The average molecular weight is 291 g/mol. The maximum absolute atomic E-state index is 12.6. The average Bonchev–Trinajstić information content (AvgIpc) is 2.48. The van der Waals surface area contributed by atoms with Crippen molar-refractivity contribution in [2.45, 2.75) is 34.6 Å². The molecule has 0 radical (unpaired) electrons. The molecule has 112 valence electrons. The molecule has 3 aromatic rings. The lowest BCUT2D eigenvalue weighted by Crippen LogP contribution is -2.16. The molecule has 0 fully saturated rings. The Hall–Kier alpha value is -2.35. The van der Waals surface area contributed by atoms with Crippen LogP contribution in [0.3, 0.4) is 0 Å². The minimum Gasteiger partial charge on any atom is -0.313 e. The Morgan fingerprint density at radius 1 is 0.818 bits per heavy atom. The second-order valence-electron chi connectivity index (χ2n) is 6.19. The molecule has 0 aliphatic carbocycles. The van der Waals surface area contributed by atoms with Gasteiger partial charge in [0, 0.05) is 22.3 Å². The first-order chi connectivity index (χ1) is 10.4. The third-order valence-electron chi connectivity index (χ3n) is 4.46. The van der Waals surface area contributed by atoms with Crippen molar-refractivity contribution < 1.29 is 0 Å². The van der Waals surface area contributed by atoms with Gasteiger partial charge in [0.15, 0.2) is 5.43 Å². The Morgan fingerprint density at radius 3 is 2.18 bits per heavy atom. The maximum Gasteiger partial charge on any atom is 0.192 e. The molecule has 2 nitrogen and oxygen atoms in total. The zero-order chi connectivity index (χ0) is 16.0. The van der Waals surface area contributed by atoms with E-state index in [2.05, 4.69) is 49.6 Å². The van der Waals surface area contributed by atoms with Crippen LogP contribution >= 0.6 is 0 Å². The van der Waals surface area contributed by atoms with Crippen LogP contribution in [0, 0.1) is 34.6 Å². The largest absolute Gasteiger partial charge is 0.313 e. The van der Waals surface area contributed by atoms with E-state index in [1.165, 1.54) is 11.1 Å². The molecule has 0 aliphatic heterocycles. The lowest BCUT2D eigenvalue weighted by molar-refractivity contribution is 0.985. The van der Waals surface area contributed by atoms with Gasteiger partial charge in [-0.1, -0.05) is 18.2 Å². The van der Waals surface area contributed by atoms with E-state index in [-0.39, 0.29) is 5.43 Å². The number of hydrogen-bond acceptors (Lipinski definition) is 1. The van der Waals surface area contributed by atoms with Gasteiger partial charge in [0.25, 0.3) is 0 Å². The molecule has 0 bridgehead atoms. The molecule has 1 heterocycles. The number of nitrogens with zero attached hydrogens (tertiary/aromatic N) is 1. The van der Waals surface area contributed by atoms with Crippen LogP contribution in [-0.4, -0.2) is 4.57 Å². The molecule has 0 saturated heterocycles. The van der Waals surface area contributed by atoms with Gasteiger partial charge in [-0.25, -0.2) is 0 Å². The van der Waals surface area contributed by atoms with Gasteiger partial charge in [-0.2, -0.15) is 0 Å². The molecule has 3 rings (SSSR count). The van der Waals surface area contributed by atoms with E-state index in [1.54, 1.807) is 0 Å². The van der Waals surface area contributed by atoms with Gasteiger partial charge >= 0.3 is 0 Å². The third-order valence-corrected chi connectivity index (χ3v) is 4.46. The van der Waals surface area contributed by atoms with Crippen molar-refractivity contribution in [3.05, 3.63) is 74.6 Å². The standard InChI is InChI=1S/C20H21NO/c1-12-6-8-14(3)18(10-12)21-16(5)15(4)20(22)17-9-7-13(2)11-19(17)21/h6-11H,1-5H3. The smallest absolute Gasteiger partial charge is 0.192 e. The van der Waals surface area contributed by atoms with E-state index in [0.717, 1.165) is 33.4 Å². The summed E-state index contributed by atoms with van der Waals surface area (Å²) in [6.45, 7) is 10.2. The van der Waals surface area contributed by atoms with Crippen molar-refractivity contribution in [3.63, 3.8) is 0 Å². The quantitative estimate of drug-likeness (QED) is 0.645. The molecule has 0 atom stereocenters. The molecule has 0 spiro atoms. The minimum atomic E-state index is 0.133. The highest BCUT2D eigenvalue weighted by molar-refractivity contribution is 5.83. The second kappa shape index (κ2) is 5.13. The maximum atomic E-state index is 12.6. The van der Waals surface area contributed by atoms with Crippen molar-refractivity contribution >= 4 is 10.9 Å². The van der Waals surface area contributed by atoms with Crippen LogP contribution in [0.15, 0.2) is 41.2 Å². The highest BCUT2D eigenvalue weighted by Crippen LogP contribution is 2.25. The van der Waals surface area contributed by atoms with Crippen LogP contribution in [-0.2, 0) is 0 Å². The van der Waals surface area contributed by atoms with Gasteiger partial charge in [-0.3, -0.25) is 4.79 Å². The summed E-state index contributed by atoms with van der Waals surface area (Å²) in [4.78, 5) is 12.6. The summed E-state index contributed by atoms with van der Waals surface area (Å²) in [6.07, 6.45) is 0. The SMILES string of the molecule is Cc1ccc(C)c(-n2c(C)c(C)c(=O)c3ccc(C)cc32)c1. The summed E-state index contributed by atoms with van der Waals surface area (Å²) in [7, 11) is 0. The van der Waals surface area contributed by atoms with Crippen LogP contribution < -0.4 is 5.43 Å². The molecule has 0 saturated carbocycles. The van der Waals surface area contributed by atoms with Crippen molar-refractivity contribution in [2.75, 3.05) is 0 Å². The zero-order valence-electron chi connectivity index (χ0n) is 13.8. The molecule has 1 aromatic heterocycles. The highest BCUT2D eigenvalue weighted by atomic mass is 16.1. The van der Waals surface area contributed by atoms with E-state index >= 15 is 0 Å². The molecule has 2 aromatic carbocycles. The summed E-state index contributed by atoms with van der Waals surface area (Å²) in [6, 6.07) is 12.5. The monoisotopic (exact) mass is 291 g/mol. The van der Waals surface area contributed by atoms with Crippen LogP contribution in [0.25, 0.3) is 16.6 Å². The summed E-state index contributed by atoms with van der Waals surface area (Å²) in [5.41, 5.74) is 7.69. The summed E-state index contributed by atoms with van der Waals surface area (Å²) < 4.78 is 2.22. The van der Waals surface area contributed by atoms with Gasteiger partial charge in [-0.05, 0) is 69.5 Å². The van der Waals surface area contributed by atoms with E-state index in [0.29, 0.717) is 0 Å². The van der Waals surface area contributed by atoms with Gasteiger partial charge in [-0.15, -0.1) is 0 Å². The molecule has 2 heteroatoms. The van der Waals surface area contributed by atoms with E-state index < -0.39 is 0 Å². The minimum absolute atomic E-state index is 0.133. The summed E-state index contributed by atoms with van der Waals surface area (Å²) in [5.74, 6) is 0. The predicted octanol–water partition coefficient (Wildman–Crippen LogP) is 4.53. The molecule has 0 unspecified atom stereocenters. The van der Waals surface area contributed by atoms with E-state index in [9.17, 15) is 4.79 Å². The van der Waals surface area contributed by atoms with Crippen molar-refractivity contribution in [1.29, 1.82) is 0 Å². The molecular weight excluding hydrogens is 270 g/mol. The highest BCUT2D eigenvalue weighted by Gasteiger charge is 2.14. The normalized spacial score (nSPS) is 11.1. The van der Waals surface area contributed by atoms with Crippen molar-refractivity contribution in [2.24, 2.45) is 0 Å². The summed E-state index contributed by atoms with van der Waals surface area (Å²) in [5, 5.41) is 0.787. The van der Waals surface area contributed by atoms with Crippen molar-refractivity contribution in [1.82, 2.24) is 4.57 Å². The number of aryl methyl sites for hydroxylation is 3. The second-order valence-corrected chi connectivity index (χ2v) is 6.19. The van der Waals surface area contributed by atoms with E-state index in [4.69, 9.17) is 0 Å². The number of fused-ring (bicyclic) bond motifs is 1. The molecule has 0 aliphatic rings. The first kappa shape index (κ1) is 14.6. The van der Waals surface area contributed by atoms with Crippen LogP contribution in [0.2, 0.25) is 0 Å². The van der Waals surface area contributed by atoms with Crippen LogP contribution in [0.5, 0.6) is 0 Å². The Morgan fingerprint density at radius 2 is 1.45 bits per heavy atom. The topological polar surface area (TPSA) is 22.0 Å². The molecule has 0 N–H and O–H groups in total. The lowest BCUT2D eigenvalue weighted by Gasteiger charge is -2.19. The third kappa shape index (κ3) is 2.16. The van der Waals surface area contributed by atoms with E-state index in [1.807, 2.05) is 26.0 Å². The first-order valence-corrected chi connectivity index (χ1v) is 7.60. The van der Waals surface area contributed by atoms with Gasteiger partial charge in [0.2, 0.25) is 0 Å².